The number of hydrogen-bond acceptors (Lipinski definition) is 4. The lowest BCUT2D eigenvalue weighted by Gasteiger charge is -2.08. The van der Waals surface area contributed by atoms with Crippen LogP contribution in [0.5, 0.6) is 11.5 Å². The molecular weight excluding hydrogens is 340 g/mol. The molecule has 0 unspecified atom stereocenters. The van der Waals surface area contributed by atoms with Crippen LogP contribution in [0.4, 0.5) is 0 Å². The number of nitrogens with one attached hydrogen (secondary N) is 2. The molecule has 0 aliphatic carbocycles. The first-order valence-electron chi connectivity index (χ1n) is 7.71. The van der Waals surface area contributed by atoms with Gasteiger partial charge in [-0.3, -0.25) is 10.8 Å². The molecule has 0 atom stereocenters. The van der Waals surface area contributed by atoms with Gasteiger partial charge >= 0.3 is 0 Å². The van der Waals surface area contributed by atoms with Crippen LogP contribution in [0.25, 0.3) is 0 Å². The van der Waals surface area contributed by atoms with E-state index in [1.54, 1.807) is 24.3 Å². The van der Waals surface area contributed by atoms with Gasteiger partial charge in [0.15, 0.2) is 0 Å². The number of halogens is 1. The van der Waals surface area contributed by atoms with Crippen molar-refractivity contribution in [2.45, 2.75) is 12.8 Å². The zero-order chi connectivity index (χ0) is 17.4. The summed E-state index contributed by atoms with van der Waals surface area (Å²) in [5, 5.41) is 14.7. The van der Waals surface area contributed by atoms with Crippen molar-refractivity contribution in [1.82, 2.24) is 0 Å². The molecular formula is C18H23ClN4O2. The number of benzene rings is 2. The maximum atomic E-state index is 7.33. The third-order valence-electron chi connectivity index (χ3n) is 3.41. The zero-order valence-electron chi connectivity index (χ0n) is 13.8. The topological polar surface area (TPSA) is 118 Å². The van der Waals surface area contributed by atoms with E-state index in [1.165, 1.54) is 0 Å². The largest absolute Gasteiger partial charge is 0.494 e. The first-order chi connectivity index (χ1) is 11.6. The van der Waals surface area contributed by atoms with Gasteiger partial charge in [0.2, 0.25) is 0 Å². The van der Waals surface area contributed by atoms with Crippen molar-refractivity contribution in [3.63, 3.8) is 0 Å². The van der Waals surface area contributed by atoms with E-state index >= 15 is 0 Å². The van der Waals surface area contributed by atoms with Crippen LogP contribution in [-0.4, -0.2) is 24.9 Å². The highest BCUT2D eigenvalue weighted by Crippen LogP contribution is 2.14. The van der Waals surface area contributed by atoms with E-state index in [2.05, 4.69) is 0 Å². The molecule has 0 saturated heterocycles. The highest BCUT2D eigenvalue weighted by atomic mass is 35.5. The minimum Gasteiger partial charge on any atom is -0.494 e. The summed E-state index contributed by atoms with van der Waals surface area (Å²) in [6, 6.07) is 14.3. The average Bonchev–Trinajstić information content (AvgIpc) is 2.58. The second-order valence-electron chi connectivity index (χ2n) is 5.28. The summed E-state index contributed by atoms with van der Waals surface area (Å²) >= 11 is 0. The molecule has 0 radical (unpaired) electrons. The van der Waals surface area contributed by atoms with Crippen LogP contribution in [0.15, 0.2) is 48.5 Å². The molecule has 0 spiro atoms. The number of hydrogen-bond donors (Lipinski definition) is 4. The fourth-order valence-corrected chi connectivity index (χ4v) is 2.05. The van der Waals surface area contributed by atoms with Gasteiger partial charge in [-0.1, -0.05) is 0 Å². The lowest BCUT2D eigenvalue weighted by Crippen LogP contribution is -2.10. The Morgan fingerprint density at radius 2 is 1.00 bits per heavy atom. The SMILES string of the molecule is Cl.N=C(N)c1ccc(OCCCCOc2ccc(C(=N)N)cc2)cc1. The predicted molar refractivity (Wildman–Crippen MR) is 102 cm³/mol. The van der Waals surface area contributed by atoms with Crippen molar-refractivity contribution in [3.8, 4) is 11.5 Å². The van der Waals surface area contributed by atoms with Crippen molar-refractivity contribution in [3.05, 3.63) is 59.7 Å². The summed E-state index contributed by atoms with van der Waals surface area (Å²) in [6.07, 6.45) is 1.75. The highest BCUT2D eigenvalue weighted by Gasteiger charge is 1.99. The maximum Gasteiger partial charge on any atom is 0.122 e. The Balaban J connectivity index is 0.00000312. The van der Waals surface area contributed by atoms with Crippen LogP contribution in [0.3, 0.4) is 0 Å². The van der Waals surface area contributed by atoms with Crippen LogP contribution in [0, 0.1) is 10.8 Å². The lowest BCUT2D eigenvalue weighted by atomic mass is 10.2. The van der Waals surface area contributed by atoms with Gasteiger partial charge in [0, 0.05) is 11.1 Å². The van der Waals surface area contributed by atoms with Gasteiger partial charge in [-0.2, -0.15) is 0 Å². The average molecular weight is 363 g/mol. The quantitative estimate of drug-likeness (QED) is 0.311. The van der Waals surface area contributed by atoms with E-state index in [0.717, 1.165) is 24.3 Å². The molecule has 2 aromatic rings. The fourth-order valence-electron chi connectivity index (χ4n) is 2.05. The van der Waals surface area contributed by atoms with Gasteiger partial charge in [0.25, 0.3) is 0 Å². The third kappa shape index (κ3) is 6.73. The van der Waals surface area contributed by atoms with E-state index < -0.39 is 0 Å². The molecule has 0 bridgehead atoms. The highest BCUT2D eigenvalue weighted by molar-refractivity contribution is 5.95. The van der Waals surface area contributed by atoms with E-state index in [1.807, 2.05) is 24.3 Å². The normalized spacial score (nSPS) is 9.76. The Morgan fingerprint density at radius 1 is 0.680 bits per heavy atom. The molecule has 6 N–H and O–H groups in total. The molecule has 0 aromatic heterocycles. The first-order valence-corrected chi connectivity index (χ1v) is 7.71. The van der Waals surface area contributed by atoms with Crippen molar-refractivity contribution >= 4 is 24.1 Å². The van der Waals surface area contributed by atoms with Crippen molar-refractivity contribution in [2.75, 3.05) is 13.2 Å². The van der Waals surface area contributed by atoms with E-state index in [-0.39, 0.29) is 24.1 Å². The molecule has 0 saturated carbocycles. The molecule has 134 valence electrons. The third-order valence-corrected chi connectivity index (χ3v) is 3.41. The molecule has 0 aliphatic heterocycles. The van der Waals surface area contributed by atoms with Crippen molar-refractivity contribution < 1.29 is 9.47 Å². The number of unbranched alkanes of at least 4 members (excludes halogenated alkanes) is 1. The number of amidine groups is 2. The van der Waals surface area contributed by atoms with Gasteiger partial charge in [-0.15, -0.1) is 12.4 Å². The molecule has 0 aliphatic rings. The minimum atomic E-state index is 0. The van der Waals surface area contributed by atoms with E-state index in [9.17, 15) is 0 Å². The summed E-state index contributed by atoms with van der Waals surface area (Å²) in [5.74, 6) is 1.63. The molecule has 0 heterocycles. The van der Waals surface area contributed by atoms with Crippen LogP contribution >= 0.6 is 12.4 Å². The Bertz CT molecular complexity index is 626. The monoisotopic (exact) mass is 362 g/mol. The van der Waals surface area contributed by atoms with Crippen LogP contribution in [0.2, 0.25) is 0 Å². The smallest absolute Gasteiger partial charge is 0.122 e. The van der Waals surface area contributed by atoms with E-state index in [0.29, 0.717) is 24.3 Å². The Hall–Kier alpha value is -2.73. The molecule has 6 nitrogen and oxygen atoms in total. The molecule has 0 fully saturated rings. The maximum absolute atomic E-state index is 7.33. The fraction of sp³-hybridized carbons (Fsp3) is 0.222. The van der Waals surface area contributed by atoms with Gasteiger partial charge in [0.05, 0.1) is 13.2 Å². The molecule has 7 heteroatoms. The lowest BCUT2D eigenvalue weighted by molar-refractivity contribution is 0.266. The van der Waals surface area contributed by atoms with Crippen molar-refractivity contribution in [2.24, 2.45) is 11.5 Å². The Morgan fingerprint density at radius 3 is 1.28 bits per heavy atom. The second kappa shape index (κ2) is 10.2. The predicted octanol–water partition coefficient (Wildman–Crippen LogP) is 2.91. The van der Waals surface area contributed by atoms with Gasteiger partial charge in [0.1, 0.15) is 23.2 Å². The number of ether oxygens (including phenoxy) is 2. The number of nitrogen functional groups attached to an aromatic ring is 2. The van der Waals surface area contributed by atoms with Crippen LogP contribution < -0.4 is 20.9 Å². The zero-order valence-corrected chi connectivity index (χ0v) is 14.6. The minimum absolute atomic E-state index is 0. The summed E-state index contributed by atoms with van der Waals surface area (Å²) in [7, 11) is 0. The van der Waals surface area contributed by atoms with Gasteiger partial charge in [-0.05, 0) is 61.4 Å². The van der Waals surface area contributed by atoms with Gasteiger partial charge in [-0.25, -0.2) is 0 Å². The summed E-state index contributed by atoms with van der Waals surface area (Å²) < 4.78 is 11.3. The standard InChI is InChI=1S/C18H22N4O2.ClH/c19-17(20)13-3-7-15(8-4-13)23-11-1-2-12-24-16-9-5-14(6-10-16)18(21)22;/h3-10H,1-2,11-12H2,(H3,19,20)(H3,21,22);1H. The molecule has 0 amide bonds. The number of nitrogens with two attached hydrogens (primary N) is 2. The molecule has 2 aromatic carbocycles. The van der Waals surface area contributed by atoms with E-state index in [4.69, 9.17) is 31.8 Å². The first kappa shape index (κ1) is 20.3. The Labute approximate surface area is 153 Å². The van der Waals surface area contributed by atoms with Gasteiger partial charge < -0.3 is 20.9 Å². The Kier molecular flexibility index (Phi) is 8.29. The molecule has 25 heavy (non-hydrogen) atoms. The number of rotatable bonds is 9. The van der Waals surface area contributed by atoms with Crippen molar-refractivity contribution in [1.29, 1.82) is 10.8 Å². The molecule has 2 rings (SSSR count). The summed E-state index contributed by atoms with van der Waals surface area (Å²) in [5.41, 5.74) is 12.2. The second-order valence-corrected chi connectivity index (χ2v) is 5.28. The summed E-state index contributed by atoms with van der Waals surface area (Å²) in [4.78, 5) is 0. The van der Waals surface area contributed by atoms with Crippen LogP contribution in [-0.2, 0) is 0 Å². The van der Waals surface area contributed by atoms with Crippen LogP contribution in [0.1, 0.15) is 24.0 Å². The summed E-state index contributed by atoms with van der Waals surface area (Å²) in [6.45, 7) is 1.21.